The third-order valence-electron chi connectivity index (χ3n) is 6.93. The highest BCUT2D eigenvalue weighted by Crippen LogP contribution is 2.36. The number of hydrogen-bond acceptors (Lipinski definition) is 6. The van der Waals surface area contributed by atoms with Crippen molar-refractivity contribution in [2.75, 3.05) is 5.73 Å². The van der Waals surface area contributed by atoms with Gasteiger partial charge in [0.1, 0.15) is 17.8 Å². The molecule has 8 heteroatoms. The number of aliphatic hydroxyl groups is 1. The summed E-state index contributed by atoms with van der Waals surface area (Å²) in [4.78, 5) is 21.3. The lowest BCUT2D eigenvalue weighted by Gasteiger charge is -2.10. The maximum absolute atomic E-state index is 12.7. The second-order valence-corrected chi connectivity index (χ2v) is 9.31. The molecule has 3 aromatic carbocycles. The highest BCUT2D eigenvalue weighted by molar-refractivity contribution is 5.99. The first-order chi connectivity index (χ1) is 17.6. The van der Waals surface area contributed by atoms with Gasteiger partial charge >= 0.3 is 0 Å². The first-order valence-corrected chi connectivity index (χ1v) is 12.1. The molecule has 2 aromatic heterocycles. The molecule has 0 bridgehead atoms. The van der Waals surface area contributed by atoms with Crippen LogP contribution in [0.15, 0.2) is 73.1 Å². The summed E-state index contributed by atoms with van der Waals surface area (Å²) in [6.45, 7) is 0.409. The highest BCUT2D eigenvalue weighted by atomic mass is 16.3. The third-order valence-corrected chi connectivity index (χ3v) is 6.93. The normalized spacial score (nSPS) is 17.6. The topological polar surface area (TPSA) is 119 Å². The zero-order valence-corrected chi connectivity index (χ0v) is 19.6. The second-order valence-electron chi connectivity index (χ2n) is 9.31. The molecule has 1 saturated carbocycles. The third kappa shape index (κ3) is 4.05. The van der Waals surface area contributed by atoms with Crippen molar-refractivity contribution in [2.45, 2.75) is 38.0 Å². The fourth-order valence-corrected chi connectivity index (χ4v) is 5.00. The number of amides is 1. The SMILES string of the molecule is Nc1ncnc2c1c(-c1ccc(CNC(=O)c3ccc4ccccc4c3)cc1)nn2C1CCC(O)C1. The van der Waals surface area contributed by atoms with Crippen LogP contribution in [0.5, 0.6) is 0 Å². The van der Waals surface area contributed by atoms with Gasteiger partial charge < -0.3 is 16.2 Å². The molecule has 2 heterocycles. The van der Waals surface area contributed by atoms with Crippen molar-refractivity contribution in [1.82, 2.24) is 25.1 Å². The van der Waals surface area contributed by atoms with E-state index in [9.17, 15) is 9.90 Å². The Bertz CT molecular complexity index is 1580. The fraction of sp³-hybridized carbons (Fsp3) is 0.214. The molecule has 1 aliphatic carbocycles. The minimum absolute atomic E-state index is 0.0788. The van der Waals surface area contributed by atoms with E-state index in [0.717, 1.165) is 45.8 Å². The van der Waals surface area contributed by atoms with Crippen LogP contribution < -0.4 is 11.1 Å². The summed E-state index contributed by atoms with van der Waals surface area (Å²) in [5, 5.41) is 20.7. The minimum atomic E-state index is -0.319. The van der Waals surface area contributed by atoms with Gasteiger partial charge in [-0.3, -0.25) is 4.79 Å². The number of carbonyl (C=O) groups excluding carboxylic acids is 1. The lowest BCUT2D eigenvalue weighted by molar-refractivity contribution is 0.0951. The lowest BCUT2D eigenvalue weighted by Crippen LogP contribution is -2.22. The van der Waals surface area contributed by atoms with Crippen molar-refractivity contribution in [3.8, 4) is 11.3 Å². The Morgan fingerprint density at radius 3 is 2.61 bits per heavy atom. The molecular weight excluding hydrogens is 452 g/mol. The molecule has 1 amide bonds. The number of aliphatic hydroxyl groups excluding tert-OH is 1. The van der Waals surface area contributed by atoms with Gasteiger partial charge in [-0.25, -0.2) is 14.6 Å². The second kappa shape index (κ2) is 9.05. The quantitative estimate of drug-likeness (QED) is 0.348. The van der Waals surface area contributed by atoms with Crippen LogP contribution in [0.3, 0.4) is 0 Å². The van der Waals surface area contributed by atoms with E-state index >= 15 is 0 Å². The Kier molecular flexibility index (Phi) is 5.58. The summed E-state index contributed by atoms with van der Waals surface area (Å²) in [6, 6.07) is 21.7. The van der Waals surface area contributed by atoms with Gasteiger partial charge in [-0.15, -0.1) is 0 Å². The Hall–Kier alpha value is -4.30. The first kappa shape index (κ1) is 22.2. The van der Waals surface area contributed by atoms with E-state index in [1.54, 1.807) is 0 Å². The number of aromatic nitrogens is 4. The predicted octanol–water partition coefficient (Wildman–Crippen LogP) is 4.24. The van der Waals surface area contributed by atoms with Crippen LogP contribution >= 0.6 is 0 Å². The smallest absolute Gasteiger partial charge is 0.251 e. The van der Waals surface area contributed by atoms with Gasteiger partial charge in [0.15, 0.2) is 5.65 Å². The maximum Gasteiger partial charge on any atom is 0.251 e. The van der Waals surface area contributed by atoms with Gasteiger partial charge in [0.25, 0.3) is 5.91 Å². The summed E-state index contributed by atoms with van der Waals surface area (Å²) in [5.74, 6) is 0.268. The number of benzene rings is 3. The molecule has 2 unspecified atom stereocenters. The number of nitrogens with two attached hydrogens (primary N) is 1. The number of nitrogens with one attached hydrogen (secondary N) is 1. The van der Waals surface area contributed by atoms with Crippen LogP contribution in [0.1, 0.15) is 41.2 Å². The molecule has 36 heavy (non-hydrogen) atoms. The van der Waals surface area contributed by atoms with E-state index in [-0.39, 0.29) is 18.1 Å². The molecule has 180 valence electrons. The van der Waals surface area contributed by atoms with Crippen LogP contribution in [-0.2, 0) is 6.54 Å². The Morgan fingerprint density at radius 1 is 1.03 bits per heavy atom. The van der Waals surface area contributed by atoms with Gasteiger partial charge in [-0.1, -0.05) is 54.6 Å². The zero-order chi connectivity index (χ0) is 24.6. The van der Waals surface area contributed by atoms with Gasteiger partial charge in [0.05, 0.1) is 17.5 Å². The standard InChI is InChI=1S/C28H26N6O2/c29-26-24-25(33-34(27(24)32-16-31-26)22-11-12-23(35)14-22)19-7-5-17(6-8-19)15-30-28(36)21-10-9-18-3-1-2-4-20(18)13-21/h1-10,13,16,22-23,35H,11-12,14-15H2,(H,30,36)(H2,29,31,32). The number of rotatable bonds is 5. The van der Waals surface area contributed by atoms with E-state index in [1.165, 1.54) is 6.33 Å². The monoisotopic (exact) mass is 478 g/mol. The van der Waals surface area contributed by atoms with Crippen molar-refractivity contribution in [3.05, 3.63) is 84.2 Å². The van der Waals surface area contributed by atoms with Gasteiger partial charge in [0.2, 0.25) is 0 Å². The van der Waals surface area contributed by atoms with Crippen molar-refractivity contribution in [3.63, 3.8) is 0 Å². The first-order valence-electron chi connectivity index (χ1n) is 12.1. The molecule has 5 aromatic rings. The van der Waals surface area contributed by atoms with E-state index in [0.29, 0.717) is 30.0 Å². The molecule has 8 nitrogen and oxygen atoms in total. The Balaban J connectivity index is 1.22. The number of anilines is 1. The van der Waals surface area contributed by atoms with Gasteiger partial charge in [-0.2, -0.15) is 5.10 Å². The molecule has 0 aliphatic heterocycles. The molecule has 0 spiro atoms. The zero-order valence-electron chi connectivity index (χ0n) is 19.6. The van der Waals surface area contributed by atoms with E-state index < -0.39 is 0 Å². The number of hydrogen-bond donors (Lipinski definition) is 3. The molecule has 0 saturated heterocycles. The summed E-state index contributed by atoms with van der Waals surface area (Å²) < 4.78 is 1.89. The van der Waals surface area contributed by atoms with Crippen LogP contribution in [-0.4, -0.2) is 36.9 Å². The number of nitrogen functional groups attached to an aromatic ring is 1. The molecule has 6 rings (SSSR count). The van der Waals surface area contributed by atoms with Gasteiger partial charge in [-0.05, 0) is 47.7 Å². The number of carbonyl (C=O) groups is 1. The lowest BCUT2D eigenvalue weighted by atomic mass is 10.1. The molecule has 2 atom stereocenters. The highest BCUT2D eigenvalue weighted by Gasteiger charge is 2.28. The number of nitrogens with zero attached hydrogens (tertiary/aromatic N) is 4. The number of fused-ring (bicyclic) bond motifs is 2. The minimum Gasteiger partial charge on any atom is -0.393 e. The van der Waals surface area contributed by atoms with E-state index in [1.807, 2.05) is 71.4 Å². The van der Waals surface area contributed by atoms with Crippen molar-refractivity contribution >= 4 is 33.5 Å². The van der Waals surface area contributed by atoms with Crippen LogP contribution in [0.25, 0.3) is 33.1 Å². The van der Waals surface area contributed by atoms with Crippen molar-refractivity contribution < 1.29 is 9.90 Å². The Morgan fingerprint density at radius 2 is 1.83 bits per heavy atom. The maximum atomic E-state index is 12.7. The summed E-state index contributed by atoms with van der Waals surface area (Å²) in [7, 11) is 0. The predicted molar refractivity (Wildman–Crippen MR) is 139 cm³/mol. The molecule has 0 radical (unpaired) electrons. The van der Waals surface area contributed by atoms with E-state index in [2.05, 4.69) is 15.3 Å². The van der Waals surface area contributed by atoms with Crippen LogP contribution in [0, 0.1) is 0 Å². The average Bonchev–Trinajstić information content (AvgIpc) is 3.51. The van der Waals surface area contributed by atoms with Gasteiger partial charge in [0, 0.05) is 17.7 Å². The summed E-state index contributed by atoms with van der Waals surface area (Å²) in [5.41, 5.74) is 10.1. The molecule has 1 aliphatic rings. The molecular formula is C28H26N6O2. The average molecular weight is 479 g/mol. The summed E-state index contributed by atoms with van der Waals surface area (Å²) in [6.07, 6.45) is 3.38. The van der Waals surface area contributed by atoms with Crippen LogP contribution in [0.4, 0.5) is 5.82 Å². The molecule has 1 fully saturated rings. The van der Waals surface area contributed by atoms with Crippen LogP contribution in [0.2, 0.25) is 0 Å². The summed E-state index contributed by atoms with van der Waals surface area (Å²) >= 11 is 0. The molecule has 4 N–H and O–H groups in total. The largest absolute Gasteiger partial charge is 0.393 e. The Labute approximate surface area is 207 Å². The van der Waals surface area contributed by atoms with E-state index in [4.69, 9.17) is 10.8 Å². The van der Waals surface area contributed by atoms with Crippen molar-refractivity contribution in [1.29, 1.82) is 0 Å². The fourth-order valence-electron chi connectivity index (χ4n) is 5.00. The van der Waals surface area contributed by atoms with Crippen molar-refractivity contribution in [2.24, 2.45) is 0 Å².